The van der Waals surface area contributed by atoms with E-state index in [-0.39, 0.29) is 0 Å². The molecule has 1 aromatic heterocycles. The van der Waals surface area contributed by atoms with Crippen molar-refractivity contribution in [1.82, 2.24) is 4.57 Å². The lowest BCUT2D eigenvalue weighted by atomic mass is 9.89. The van der Waals surface area contributed by atoms with Crippen LogP contribution in [0.3, 0.4) is 0 Å². The van der Waals surface area contributed by atoms with Gasteiger partial charge < -0.3 is 4.57 Å². The third kappa shape index (κ3) is 1.15. The Bertz CT molecular complexity index is 748. The van der Waals surface area contributed by atoms with Crippen LogP contribution in [0.1, 0.15) is 23.6 Å². The van der Waals surface area contributed by atoms with Crippen LogP contribution in [0.15, 0.2) is 49.1 Å². The van der Waals surface area contributed by atoms with Crippen molar-refractivity contribution in [2.24, 2.45) is 17.8 Å². The third-order valence-electron chi connectivity index (χ3n) is 5.87. The smallest absolute Gasteiger partial charge is 0.0488 e. The zero-order chi connectivity index (χ0) is 13.3. The summed E-state index contributed by atoms with van der Waals surface area (Å²) in [6.07, 6.45) is 9.65. The highest BCUT2D eigenvalue weighted by atomic mass is 15.0. The van der Waals surface area contributed by atoms with Crippen molar-refractivity contribution in [3.05, 3.63) is 60.3 Å². The van der Waals surface area contributed by atoms with E-state index in [1.807, 2.05) is 0 Å². The summed E-state index contributed by atoms with van der Waals surface area (Å²) in [5.74, 6) is 2.96. The van der Waals surface area contributed by atoms with Gasteiger partial charge in [0.2, 0.25) is 0 Å². The Morgan fingerprint density at radius 1 is 1.25 bits per heavy atom. The number of hydrogen-bond donors (Lipinski definition) is 0. The zero-order valence-electron chi connectivity index (χ0n) is 11.6. The van der Waals surface area contributed by atoms with Crippen molar-refractivity contribution < 1.29 is 0 Å². The standard InChI is InChI=1S/C19H19N/c1-2-12-10-13-6-5-9-20-17-8-4-3-7-14(17)16-11-15(12)18(13)19(16)20/h2-8,12-13,15,18H,1,9-11H2/t12-,13+,15-,18+/m0/s1. The summed E-state index contributed by atoms with van der Waals surface area (Å²) < 4.78 is 2.58. The Labute approximate surface area is 119 Å². The maximum Gasteiger partial charge on any atom is 0.0488 e. The van der Waals surface area contributed by atoms with E-state index in [0.717, 1.165) is 24.3 Å². The maximum atomic E-state index is 4.09. The van der Waals surface area contributed by atoms with E-state index >= 15 is 0 Å². The fourth-order valence-corrected chi connectivity index (χ4v) is 5.14. The Balaban J connectivity index is 1.83. The highest BCUT2D eigenvalue weighted by Gasteiger charge is 2.49. The normalized spacial score (nSPS) is 33.4. The Morgan fingerprint density at radius 2 is 2.15 bits per heavy atom. The van der Waals surface area contributed by atoms with Gasteiger partial charge in [-0.2, -0.15) is 0 Å². The van der Waals surface area contributed by atoms with Gasteiger partial charge in [0, 0.05) is 29.1 Å². The lowest BCUT2D eigenvalue weighted by molar-refractivity contribution is 0.433. The number of benzene rings is 1. The summed E-state index contributed by atoms with van der Waals surface area (Å²) in [6.45, 7) is 5.14. The van der Waals surface area contributed by atoms with Crippen LogP contribution < -0.4 is 0 Å². The van der Waals surface area contributed by atoms with Crippen LogP contribution in [0.25, 0.3) is 10.9 Å². The minimum atomic E-state index is 0.701. The molecule has 2 aromatic rings. The van der Waals surface area contributed by atoms with Crippen LogP contribution in [0.2, 0.25) is 0 Å². The second-order valence-electron chi connectivity index (χ2n) is 6.61. The third-order valence-corrected chi connectivity index (χ3v) is 5.87. The first kappa shape index (κ1) is 11.0. The molecule has 1 heteroatoms. The molecule has 0 unspecified atom stereocenters. The molecule has 1 saturated carbocycles. The summed E-state index contributed by atoms with van der Waals surface area (Å²) in [5, 5.41) is 1.49. The predicted molar refractivity (Wildman–Crippen MR) is 82.8 cm³/mol. The highest BCUT2D eigenvalue weighted by Crippen LogP contribution is 2.57. The van der Waals surface area contributed by atoms with Crippen LogP contribution in [0, 0.1) is 17.8 Å². The van der Waals surface area contributed by atoms with Gasteiger partial charge in [0.15, 0.2) is 0 Å². The summed E-state index contributed by atoms with van der Waals surface area (Å²) in [4.78, 5) is 0. The molecule has 0 spiro atoms. The number of hydrogen-bond acceptors (Lipinski definition) is 0. The molecule has 0 bridgehead atoms. The van der Waals surface area contributed by atoms with Crippen LogP contribution >= 0.6 is 0 Å². The van der Waals surface area contributed by atoms with Crippen LogP contribution in [0.4, 0.5) is 0 Å². The molecule has 4 atom stereocenters. The number of allylic oxidation sites excluding steroid dienone is 3. The minimum absolute atomic E-state index is 0.701. The average Bonchev–Trinajstić information content (AvgIpc) is 3.04. The summed E-state index contributed by atoms with van der Waals surface area (Å²) in [7, 11) is 0. The van der Waals surface area contributed by atoms with Crippen molar-refractivity contribution in [1.29, 1.82) is 0 Å². The first-order chi connectivity index (χ1) is 9.88. The molecule has 2 aliphatic carbocycles. The largest absolute Gasteiger partial charge is 0.340 e. The monoisotopic (exact) mass is 261 g/mol. The fourth-order valence-electron chi connectivity index (χ4n) is 5.14. The van der Waals surface area contributed by atoms with Gasteiger partial charge in [0.1, 0.15) is 0 Å². The van der Waals surface area contributed by atoms with Gasteiger partial charge in [-0.25, -0.2) is 0 Å². The van der Waals surface area contributed by atoms with Crippen molar-refractivity contribution in [2.45, 2.75) is 25.3 Å². The van der Waals surface area contributed by atoms with Crippen molar-refractivity contribution in [2.75, 3.05) is 0 Å². The van der Waals surface area contributed by atoms with E-state index in [1.165, 1.54) is 23.7 Å². The molecule has 2 heterocycles. The highest BCUT2D eigenvalue weighted by molar-refractivity contribution is 5.87. The van der Waals surface area contributed by atoms with Gasteiger partial charge >= 0.3 is 0 Å². The molecule has 20 heavy (non-hydrogen) atoms. The molecule has 0 N–H and O–H groups in total. The van der Waals surface area contributed by atoms with Crippen molar-refractivity contribution in [3.63, 3.8) is 0 Å². The summed E-state index contributed by atoms with van der Waals surface area (Å²) in [6, 6.07) is 8.96. The lowest BCUT2D eigenvalue weighted by Crippen LogP contribution is -2.12. The van der Waals surface area contributed by atoms with E-state index < -0.39 is 0 Å². The summed E-state index contributed by atoms with van der Waals surface area (Å²) in [5.41, 5.74) is 4.72. The number of fused-ring (bicyclic) bond motifs is 3. The molecular formula is C19H19N. The van der Waals surface area contributed by atoms with Gasteiger partial charge in [-0.15, -0.1) is 6.58 Å². The van der Waals surface area contributed by atoms with Gasteiger partial charge in [0.05, 0.1) is 0 Å². The molecule has 3 aliphatic rings. The lowest BCUT2D eigenvalue weighted by Gasteiger charge is -2.18. The van der Waals surface area contributed by atoms with Gasteiger partial charge in [-0.05, 0) is 42.2 Å². The minimum Gasteiger partial charge on any atom is -0.340 e. The van der Waals surface area contributed by atoms with Crippen molar-refractivity contribution >= 4 is 10.9 Å². The first-order valence-electron chi connectivity index (χ1n) is 7.77. The quantitative estimate of drug-likeness (QED) is 0.675. The Hall–Kier alpha value is -1.76. The second kappa shape index (κ2) is 3.66. The molecule has 5 rings (SSSR count). The van der Waals surface area contributed by atoms with E-state index in [2.05, 4.69) is 53.6 Å². The molecule has 1 fully saturated rings. The van der Waals surface area contributed by atoms with E-state index in [0.29, 0.717) is 5.92 Å². The Kier molecular flexibility index (Phi) is 2.01. The SMILES string of the molecule is C=C[C@H]1C[C@H]2C=CCn3c4c(c5ccccc53)C[C@@H]1[C@H]42. The number of nitrogens with zero attached hydrogens (tertiary/aromatic N) is 1. The molecule has 0 saturated heterocycles. The first-order valence-corrected chi connectivity index (χ1v) is 7.77. The van der Waals surface area contributed by atoms with Gasteiger partial charge in [0.25, 0.3) is 0 Å². The maximum absolute atomic E-state index is 4.09. The summed E-state index contributed by atoms with van der Waals surface area (Å²) >= 11 is 0. The van der Waals surface area contributed by atoms with E-state index in [4.69, 9.17) is 0 Å². The topological polar surface area (TPSA) is 4.93 Å². The fraction of sp³-hybridized carbons (Fsp3) is 0.368. The van der Waals surface area contributed by atoms with Gasteiger partial charge in [-0.3, -0.25) is 0 Å². The molecule has 0 amide bonds. The van der Waals surface area contributed by atoms with Gasteiger partial charge in [-0.1, -0.05) is 36.4 Å². The number of rotatable bonds is 1. The second-order valence-corrected chi connectivity index (χ2v) is 6.61. The van der Waals surface area contributed by atoms with E-state index in [9.17, 15) is 0 Å². The predicted octanol–water partition coefficient (Wildman–Crippen LogP) is 4.29. The van der Waals surface area contributed by atoms with E-state index in [1.54, 1.807) is 11.3 Å². The van der Waals surface area contributed by atoms with Crippen LogP contribution in [-0.4, -0.2) is 4.57 Å². The molecular weight excluding hydrogens is 242 g/mol. The molecule has 1 nitrogen and oxygen atoms in total. The van der Waals surface area contributed by atoms with Crippen molar-refractivity contribution in [3.8, 4) is 0 Å². The Morgan fingerprint density at radius 3 is 3.05 bits per heavy atom. The molecule has 100 valence electrons. The van der Waals surface area contributed by atoms with Crippen LogP contribution in [0.5, 0.6) is 0 Å². The number of para-hydroxylation sites is 1. The molecule has 1 aliphatic heterocycles. The molecule has 1 aromatic carbocycles. The average molecular weight is 261 g/mol. The number of aromatic nitrogens is 1. The molecule has 0 radical (unpaired) electrons. The zero-order valence-corrected chi connectivity index (χ0v) is 11.6. The van der Waals surface area contributed by atoms with Crippen LogP contribution in [-0.2, 0) is 13.0 Å².